The summed E-state index contributed by atoms with van der Waals surface area (Å²) in [5.41, 5.74) is 0. The Morgan fingerprint density at radius 3 is 2.58 bits per heavy atom. The zero-order chi connectivity index (χ0) is 13.7. The molecule has 2 heterocycles. The van der Waals surface area contributed by atoms with E-state index in [0.717, 1.165) is 4.21 Å². The van der Waals surface area contributed by atoms with Gasteiger partial charge in [0.15, 0.2) is 6.04 Å². The first-order valence-corrected chi connectivity index (χ1v) is 8.13. The van der Waals surface area contributed by atoms with E-state index in [1.165, 1.54) is 23.1 Å². The van der Waals surface area contributed by atoms with E-state index in [1.54, 1.807) is 28.8 Å². The first kappa shape index (κ1) is 14.1. The molecule has 0 fully saturated rings. The molecule has 0 radical (unpaired) electrons. The predicted octanol–water partition coefficient (Wildman–Crippen LogP) is 2.84. The van der Waals surface area contributed by atoms with Gasteiger partial charge in [0.05, 0.1) is 9.96 Å². The summed E-state index contributed by atoms with van der Waals surface area (Å²) in [5, 5.41) is 15.4. The number of carboxylic acids is 1. The summed E-state index contributed by atoms with van der Waals surface area (Å²) in [7, 11) is 0. The van der Waals surface area contributed by atoms with Crippen molar-refractivity contribution in [3.8, 4) is 0 Å². The van der Waals surface area contributed by atoms with Crippen LogP contribution >= 0.6 is 34.4 Å². The molecule has 4 nitrogen and oxygen atoms in total. The average Bonchev–Trinajstić information content (AvgIpc) is 3.05. The van der Waals surface area contributed by atoms with Gasteiger partial charge in [0, 0.05) is 4.88 Å². The van der Waals surface area contributed by atoms with Crippen LogP contribution in [0.2, 0.25) is 0 Å². The van der Waals surface area contributed by atoms with Gasteiger partial charge < -0.3 is 10.4 Å². The molecule has 7 heteroatoms. The van der Waals surface area contributed by atoms with Crippen LogP contribution in [0.1, 0.15) is 10.9 Å². The molecule has 1 amide bonds. The van der Waals surface area contributed by atoms with Gasteiger partial charge in [-0.05, 0) is 22.9 Å². The molecule has 19 heavy (non-hydrogen) atoms. The second-order valence-electron chi connectivity index (χ2n) is 3.57. The Bertz CT molecular complexity index is 537. The zero-order valence-corrected chi connectivity index (χ0v) is 12.2. The summed E-state index contributed by atoms with van der Waals surface area (Å²) < 4.78 is 1.04. The van der Waals surface area contributed by atoms with Crippen molar-refractivity contribution in [3.05, 3.63) is 39.9 Å². The number of thioether (sulfide) groups is 1. The lowest BCUT2D eigenvalue weighted by molar-refractivity contribution is -0.141. The highest BCUT2D eigenvalue weighted by atomic mass is 32.2. The molecule has 0 bridgehead atoms. The van der Waals surface area contributed by atoms with Gasteiger partial charge in [0.25, 0.3) is 0 Å². The van der Waals surface area contributed by atoms with Crippen molar-refractivity contribution in [2.24, 2.45) is 0 Å². The van der Waals surface area contributed by atoms with Crippen LogP contribution in [0.5, 0.6) is 0 Å². The summed E-state index contributed by atoms with van der Waals surface area (Å²) in [5.74, 6) is -1.11. The number of thiophene rings is 2. The van der Waals surface area contributed by atoms with Gasteiger partial charge in [0.1, 0.15) is 0 Å². The Labute approximate surface area is 122 Å². The van der Waals surface area contributed by atoms with Crippen molar-refractivity contribution in [2.45, 2.75) is 10.3 Å². The minimum absolute atomic E-state index is 0.218. The van der Waals surface area contributed by atoms with Gasteiger partial charge >= 0.3 is 5.97 Å². The number of hydrogen-bond acceptors (Lipinski definition) is 5. The van der Waals surface area contributed by atoms with E-state index in [-0.39, 0.29) is 11.7 Å². The minimum atomic E-state index is -1.04. The van der Waals surface area contributed by atoms with E-state index in [9.17, 15) is 9.59 Å². The topological polar surface area (TPSA) is 66.4 Å². The van der Waals surface area contributed by atoms with Crippen molar-refractivity contribution in [1.82, 2.24) is 5.32 Å². The molecule has 100 valence electrons. The quantitative estimate of drug-likeness (QED) is 0.805. The van der Waals surface area contributed by atoms with Crippen LogP contribution in [0.4, 0.5) is 0 Å². The Morgan fingerprint density at radius 1 is 1.26 bits per heavy atom. The monoisotopic (exact) mass is 313 g/mol. The number of aliphatic carboxylic acids is 1. The molecule has 0 saturated carbocycles. The maximum atomic E-state index is 11.8. The maximum Gasteiger partial charge on any atom is 0.331 e. The molecule has 1 unspecified atom stereocenters. The highest BCUT2D eigenvalue weighted by Crippen LogP contribution is 2.24. The van der Waals surface area contributed by atoms with Gasteiger partial charge in [-0.15, -0.1) is 34.4 Å². The number of hydrogen-bond donors (Lipinski definition) is 2. The summed E-state index contributed by atoms with van der Waals surface area (Å²) >= 11 is 4.28. The first-order chi connectivity index (χ1) is 9.16. The smallest absolute Gasteiger partial charge is 0.331 e. The molecular formula is C12H11NO3S3. The minimum Gasteiger partial charge on any atom is -0.479 e. The van der Waals surface area contributed by atoms with E-state index in [0.29, 0.717) is 4.88 Å². The fraction of sp³-hybridized carbons (Fsp3) is 0.167. The Kier molecular flexibility index (Phi) is 5.00. The van der Waals surface area contributed by atoms with Crippen molar-refractivity contribution in [3.63, 3.8) is 0 Å². The van der Waals surface area contributed by atoms with Crippen LogP contribution in [0.25, 0.3) is 0 Å². The molecule has 2 aromatic heterocycles. The van der Waals surface area contributed by atoms with Crippen molar-refractivity contribution < 1.29 is 14.7 Å². The second-order valence-corrected chi connectivity index (χ2v) is 6.78. The second kappa shape index (κ2) is 6.74. The normalized spacial score (nSPS) is 12.0. The average molecular weight is 313 g/mol. The van der Waals surface area contributed by atoms with Crippen LogP contribution in [-0.4, -0.2) is 22.7 Å². The van der Waals surface area contributed by atoms with E-state index >= 15 is 0 Å². The summed E-state index contributed by atoms with van der Waals surface area (Å²) in [6.07, 6.45) is 0. The van der Waals surface area contributed by atoms with Crippen molar-refractivity contribution in [1.29, 1.82) is 0 Å². The third kappa shape index (κ3) is 4.09. The first-order valence-electron chi connectivity index (χ1n) is 5.38. The van der Waals surface area contributed by atoms with Gasteiger partial charge in [-0.25, -0.2) is 4.79 Å². The Morgan fingerprint density at radius 2 is 2.00 bits per heavy atom. The lowest BCUT2D eigenvalue weighted by atomic mass is 10.2. The number of carboxylic acid groups (broad SMARTS) is 1. The molecule has 1 atom stereocenters. The predicted molar refractivity (Wildman–Crippen MR) is 77.9 cm³/mol. The van der Waals surface area contributed by atoms with Gasteiger partial charge in [0.2, 0.25) is 5.91 Å². The number of nitrogens with one attached hydrogen (secondary N) is 1. The number of carbonyl (C=O) groups excluding carboxylic acids is 1. The van der Waals surface area contributed by atoms with Crippen molar-refractivity contribution in [2.75, 3.05) is 5.75 Å². The number of amides is 1. The zero-order valence-electron chi connectivity index (χ0n) is 9.74. The van der Waals surface area contributed by atoms with E-state index in [1.807, 2.05) is 17.5 Å². The Hall–Kier alpha value is -1.31. The molecule has 2 N–H and O–H groups in total. The molecule has 2 rings (SSSR count). The lowest BCUT2D eigenvalue weighted by Gasteiger charge is -2.12. The van der Waals surface area contributed by atoms with Crippen LogP contribution in [-0.2, 0) is 9.59 Å². The van der Waals surface area contributed by atoms with E-state index < -0.39 is 12.0 Å². The highest BCUT2D eigenvalue weighted by molar-refractivity contribution is 8.01. The maximum absolute atomic E-state index is 11.8. The summed E-state index contributed by atoms with van der Waals surface area (Å²) in [6.45, 7) is 0. The molecular weight excluding hydrogens is 302 g/mol. The van der Waals surface area contributed by atoms with Gasteiger partial charge in [-0.3, -0.25) is 4.79 Å². The third-order valence-electron chi connectivity index (χ3n) is 2.22. The highest BCUT2D eigenvalue weighted by Gasteiger charge is 2.22. The van der Waals surface area contributed by atoms with Crippen LogP contribution in [0.15, 0.2) is 39.2 Å². The molecule has 0 aliphatic heterocycles. The SMILES string of the molecule is O=C(CSc1cccs1)NC(C(=O)O)c1cccs1. The number of rotatable bonds is 6. The van der Waals surface area contributed by atoms with Crippen molar-refractivity contribution >= 4 is 46.3 Å². The molecule has 0 spiro atoms. The van der Waals surface area contributed by atoms with Gasteiger partial charge in [-0.1, -0.05) is 12.1 Å². The standard InChI is InChI=1S/C12H11NO3S3/c14-9(7-19-10-4-2-6-18-10)13-11(12(15)16)8-3-1-5-17-8/h1-6,11H,7H2,(H,13,14)(H,15,16). The van der Waals surface area contributed by atoms with Crippen LogP contribution in [0, 0.1) is 0 Å². The Balaban J connectivity index is 1.90. The van der Waals surface area contributed by atoms with Gasteiger partial charge in [-0.2, -0.15) is 0 Å². The number of carbonyl (C=O) groups is 2. The molecule has 0 aliphatic rings. The fourth-order valence-corrected chi connectivity index (χ4v) is 3.76. The van der Waals surface area contributed by atoms with Crippen LogP contribution in [0.3, 0.4) is 0 Å². The molecule has 0 saturated heterocycles. The fourth-order valence-electron chi connectivity index (χ4n) is 1.40. The molecule has 0 aliphatic carbocycles. The summed E-state index contributed by atoms with van der Waals surface area (Å²) in [6, 6.07) is 6.35. The lowest BCUT2D eigenvalue weighted by Crippen LogP contribution is -2.34. The van der Waals surface area contributed by atoms with E-state index in [2.05, 4.69) is 5.32 Å². The summed E-state index contributed by atoms with van der Waals surface area (Å²) in [4.78, 5) is 23.5. The largest absolute Gasteiger partial charge is 0.479 e. The molecule has 2 aromatic rings. The molecule has 0 aromatic carbocycles. The van der Waals surface area contributed by atoms with E-state index in [4.69, 9.17) is 5.11 Å². The third-order valence-corrected chi connectivity index (χ3v) is 5.29. The van der Waals surface area contributed by atoms with Crippen LogP contribution < -0.4 is 5.32 Å².